The van der Waals surface area contributed by atoms with Crippen molar-refractivity contribution in [2.24, 2.45) is 0 Å². The number of carbonyl (C=O) groups is 1. The number of halogens is 2. The van der Waals surface area contributed by atoms with Gasteiger partial charge in [-0.05, 0) is 37.6 Å². The Balaban J connectivity index is 1.66. The number of Topliss-reactive ketones (excluding diaryl/α,β-unsaturated/α-hetero) is 1. The predicted molar refractivity (Wildman–Crippen MR) is 119 cm³/mol. The number of aromatic nitrogens is 2. The molecule has 2 aromatic carbocycles. The van der Waals surface area contributed by atoms with Crippen LogP contribution < -0.4 is 0 Å². The molecule has 0 fully saturated rings. The minimum Gasteiger partial charge on any atom is -0.293 e. The molecule has 28 heavy (non-hydrogen) atoms. The minimum atomic E-state index is 0.0622. The third-order valence-electron chi connectivity index (χ3n) is 3.94. The molecule has 0 aliphatic rings. The fourth-order valence-corrected chi connectivity index (χ4v) is 4.97. The monoisotopic (exact) mass is 448 g/mol. The van der Waals surface area contributed by atoms with Crippen molar-refractivity contribution in [2.45, 2.75) is 29.8 Å². The van der Waals surface area contributed by atoms with Gasteiger partial charge < -0.3 is 0 Å². The molecule has 3 aromatic rings. The Morgan fingerprint density at radius 1 is 0.964 bits per heavy atom. The number of ketones is 1. The van der Waals surface area contributed by atoms with Gasteiger partial charge in [-0.15, -0.1) is 11.8 Å². The molecule has 0 saturated carbocycles. The minimum absolute atomic E-state index is 0.0622. The predicted octanol–water partition coefficient (Wildman–Crippen LogP) is 6.67. The second-order valence-corrected chi connectivity index (χ2v) is 8.95. The molecule has 0 aliphatic heterocycles. The molecule has 0 amide bonds. The number of nitrogens with zero attached hydrogens (tertiary/aromatic N) is 2. The first-order valence-electron chi connectivity index (χ1n) is 8.56. The van der Waals surface area contributed by atoms with Crippen LogP contribution in [0.3, 0.4) is 0 Å². The molecule has 3 rings (SSSR count). The first kappa shape index (κ1) is 21.2. The van der Waals surface area contributed by atoms with Gasteiger partial charge in [0, 0.05) is 27.1 Å². The van der Waals surface area contributed by atoms with Crippen molar-refractivity contribution in [3.8, 4) is 0 Å². The second kappa shape index (κ2) is 9.79. The highest BCUT2D eigenvalue weighted by Crippen LogP contribution is 2.31. The number of thioether (sulfide) groups is 2. The fraction of sp³-hybridized carbons (Fsp3) is 0.190. The molecule has 0 bridgehead atoms. The Morgan fingerprint density at radius 3 is 2.32 bits per heavy atom. The maximum atomic E-state index is 12.4. The summed E-state index contributed by atoms with van der Waals surface area (Å²) in [6.45, 7) is 3.92. The lowest BCUT2D eigenvalue weighted by molar-refractivity contribution is 0.102. The second-order valence-electron chi connectivity index (χ2n) is 6.20. The summed E-state index contributed by atoms with van der Waals surface area (Å²) < 4.78 is 0. The van der Waals surface area contributed by atoms with Crippen molar-refractivity contribution in [2.75, 3.05) is 5.75 Å². The largest absolute Gasteiger partial charge is 0.293 e. The van der Waals surface area contributed by atoms with Crippen LogP contribution in [0.5, 0.6) is 0 Å². The van der Waals surface area contributed by atoms with Crippen LogP contribution in [0.25, 0.3) is 0 Å². The van der Waals surface area contributed by atoms with Crippen LogP contribution >= 0.6 is 46.7 Å². The van der Waals surface area contributed by atoms with E-state index in [0.717, 1.165) is 21.8 Å². The average Bonchev–Trinajstić information content (AvgIpc) is 2.66. The van der Waals surface area contributed by atoms with Gasteiger partial charge in [-0.1, -0.05) is 70.9 Å². The van der Waals surface area contributed by atoms with Gasteiger partial charge in [0.15, 0.2) is 10.9 Å². The summed E-state index contributed by atoms with van der Waals surface area (Å²) in [5.41, 5.74) is 3.57. The van der Waals surface area contributed by atoms with Crippen molar-refractivity contribution in [3.05, 3.63) is 81.0 Å². The summed E-state index contributed by atoms with van der Waals surface area (Å²) in [6, 6.07) is 15.0. The summed E-state index contributed by atoms with van der Waals surface area (Å²) in [7, 11) is 0. The summed E-state index contributed by atoms with van der Waals surface area (Å²) in [5.74, 6) is 0.973. The van der Waals surface area contributed by atoms with Gasteiger partial charge in [-0.2, -0.15) is 0 Å². The summed E-state index contributed by atoms with van der Waals surface area (Å²) in [4.78, 5) is 21.4. The van der Waals surface area contributed by atoms with E-state index in [-0.39, 0.29) is 5.78 Å². The molecule has 0 spiro atoms. The Labute approximate surface area is 183 Å². The molecule has 1 aromatic heterocycles. The SMILES string of the molecule is Cc1ccc(C(=O)CSc2nc(C)cc(SCc3c(Cl)cccc3Cl)n2)cc1. The van der Waals surface area contributed by atoms with Crippen molar-refractivity contribution < 1.29 is 4.79 Å². The number of carbonyl (C=O) groups excluding carboxylic acids is 1. The first-order valence-corrected chi connectivity index (χ1v) is 11.3. The van der Waals surface area contributed by atoms with Crippen LogP contribution in [0.1, 0.15) is 27.2 Å². The number of benzene rings is 2. The molecular formula is C21H18Cl2N2OS2. The highest BCUT2D eigenvalue weighted by molar-refractivity contribution is 8.00. The third kappa shape index (κ3) is 5.74. The number of hydrogen-bond acceptors (Lipinski definition) is 5. The van der Waals surface area contributed by atoms with Crippen molar-refractivity contribution in [1.82, 2.24) is 9.97 Å². The third-order valence-corrected chi connectivity index (χ3v) is 6.44. The lowest BCUT2D eigenvalue weighted by Gasteiger charge is -2.08. The van der Waals surface area contributed by atoms with E-state index >= 15 is 0 Å². The zero-order valence-electron chi connectivity index (χ0n) is 15.4. The van der Waals surface area contributed by atoms with Crippen LogP contribution in [0.2, 0.25) is 10.0 Å². The number of hydrogen-bond donors (Lipinski definition) is 0. The van der Waals surface area contributed by atoms with E-state index < -0.39 is 0 Å². The van der Waals surface area contributed by atoms with E-state index in [2.05, 4.69) is 9.97 Å². The van der Waals surface area contributed by atoms with Crippen LogP contribution in [0, 0.1) is 13.8 Å². The Bertz CT molecular complexity index is 974. The van der Waals surface area contributed by atoms with Gasteiger partial charge >= 0.3 is 0 Å². The van der Waals surface area contributed by atoms with Crippen molar-refractivity contribution >= 4 is 52.5 Å². The maximum absolute atomic E-state index is 12.4. The standard InChI is InChI=1S/C21H18Cl2N2OS2/c1-13-6-8-15(9-7-13)19(26)12-28-21-24-14(2)10-20(25-21)27-11-16-17(22)4-3-5-18(16)23/h3-10H,11-12H2,1-2H3. The topological polar surface area (TPSA) is 42.9 Å². The highest BCUT2D eigenvalue weighted by Gasteiger charge is 2.11. The molecule has 0 unspecified atom stereocenters. The van der Waals surface area contributed by atoms with E-state index in [1.165, 1.54) is 11.8 Å². The summed E-state index contributed by atoms with van der Waals surface area (Å²) >= 11 is 15.4. The van der Waals surface area contributed by atoms with Crippen molar-refractivity contribution in [3.63, 3.8) is 0 Å². The molecule has 7 heteroatoms. The molecule has 0 aliphatic carbocycles. The molecule has 144 valence electrons. The lowest BCUT2D eigenvalue weighted by Crippen LogP contribution is -2.03. The lowest BCUT2D eigenvalue weighted by atomic mass is 10.1. The van der Waals surface area contributed by atoms with E-state index in [1.54, 1.807) is 11.8 Å². The number of aryl methyl sites for hydroxylation is 2. The zero-order valence-corrected chi connectivity index (χ0v) is 18.6. The van der Waals surface area contributed by atoms with Crippen LogP contribution in [-0.2, 0) is 5.75 Å². The molecule has 0 N–H and O–H groups in total. The van der Waals surface area contributed by atoms with E-state index in [9.17, 15) is 4.79 Å². The fourth-order valence-electron chi connectivity index (χ4n) is 2.42. The maximum Gasteiger partial charge on any atom is 0.189 e. The van der Waals surface area contributed by atoms with E-state index in [4.69, 9.17) is 23.2 Å². The molecule has 0 saturated heterocycles. The number of rotatable bonds is 7. The quantitative estimate of drug-likeness (QED) is 0.174. The first-order chi connectivity index (χ1) is 13.4. The molecular weight excluding hydrogens is 431 g/mol. The molecule has 1 heterocycles. The van der Waals surface area contributed by atoms with Gasteiger partial charge in [0.2, 0.25) is 0 Å². The van der Waals surface area contributed by atoms with Gasteiger partial charge in [0.25, 0.3) is 0 Å². The van der Waals surface area contributed by atoms with Gasteiger partial charge in [0.05, 0.1) is 5.75 Å². The van der Waals surface area contributed by atoms with E-state index in [1.807, 2.05) is 62.4 Å². The Kier molecular flexibility index (Phi) is 7.41. The van der Waals surface area contributed by atoms with Gasteiger partial charge in [-0.25, -0.2) is 9.97 Å². The summed E-state index contributed by atoms with van der Waals surface area (Å²) in [6.07, 6.45) is 0. The van der Waals surface area contributed by atoms with Gasteiger partial charge in [0.1, 0.15) is 5.03 Å². The highest BCUT2D eigenvalue weighted by atomic mass is 35.5. The smallest absolute Gasteiger partial charge is 0.189 e. The average molecular weight is 449 g/mol. The van der Waals surface area contributed by atoms with Crippen LogP contribution in [-0.4, -0.2) is 21.5 Å². The Hall–Kier alpha value is -1.53. The molecule has 0 atom stereocenters. The molecule has 0 radical (unpaired) electrons. The van der Waals surface area contributed by atoms with E-state index in [0.29, 0.717) is 32.3 Å². The van der Waals surface area contributed by atoms with Crippen LogP contribution in [0.4, 0.5) is 0 Å². The Morgan fingerprint density at radius 2 is 1.64 bits per heavy atom. The zero-order chi connectivity index (χ0) is 20.1. The van der Waals surface area contributed by atoms with Crippen LogP contribution in [0.15, 0.2) is 58.7 Å². The normalized spacial score (nSPS) is 10.9. The molecule has 3 nitrogen and oxygen atoms in total. The van der Waals surface area contributed by atoms with Gasteiger partial charge in [-0.3, -0.25) is 4.79 Å². The summed E-state index contributed by atoms with van der Waals surface area (Å²) in [5, 5.41) is 2.70. The van der Waals surface area contributed by atoms with Crippen molar-refractivity contribution in [1.29, 1.82) is 0 Å².